The van der Waals surface area contributed by atoms with Crippen LogP contribution < -0.4 is 34.4 Å². The largest absolute Gasteiger partial charge is 0.493 e. The number of nitriles is 1. The Labute approximate surface area is 281 Å². The molecule has 0 bridgehead atoms. The Bertz CT molecular complexity index is 2280. The van der Waals surface area contributed by atoms with E-state index < -0.39 is 6.04 Å². The third-order valence-electron chi connectivity index (χ3n) is 8.09. The number of nitrogens with one attached hydrogen (secondary N) is 1. The lowest BCUT2D eigenvalue weighted by atomic mass is 9.94. The first-order chi connectivity index (χ1) is 23.3. The second kappa shape index (κ2) is 13.8. The number of fused-ring (bicyclic) bond motifs is 1. The summed E-state index contributed by atoms with van der Waals surface area (Å²) in [6, 6.07) is 29.0. The van der Waals surface area contributed by atoms with Gasteiger partial charge in [0.2, 0.25) is 0 Å². The van der Waals surface area contributed by atoms with Crippen LogP contribution >= 0.6 is 11.3 Å². The zero-order valence-corrected chi connectivity index (χ0v) is 27.6. The topological polar surface area (TPSA) is 115 Å². The van der Waals surface area contributed by atoms with Gasteiger partial charge in [0.25, 0.3) is 11.5 Å². The van der Waals surface area contributed by atoms with Crippen LogP contribution in [-0.2, 0) is 11.4 Å². The van der Waals surface area contributed by atoms with E-state index in [4.69, 9.17) is 19.2 Å². The number of nitrogens with zero attached hydrogens (tertiary/aromatic N) is 3. The molecule has 1 aromatic heterocycles. The number of methoxy groups -OCH3 is 2. The molecule has 1 atom stereocenters. The number of aromatic nitrogens is 1. The predicted molar refractivity (Wildman–Crippen MR) is 185 cm³/mol. The van der Waals surface area contributed by atoms with E-state index in [1.807, 2.05) is 79.7 Å². The van der Waals surface area contributed by atoms with Gasteiger partial charge in [-0.25, -0.2) is 4.99 Å². The Morgan fingerprint density at radius 2 is 1.71 bits per heavy atom. The molecule has 0 aliphatic carbocycles. The van der Waals surface area contributed by atoms with Gasteiger partial charge in [-0.2, -0.15) is 5.26 Å². The Morgan fingerprint density at radius 3 is 2.44 bits per heavy atom. The summed E-state index contributed by atoms with van der Waals surface area (Å²) in [6.07, 6.45) is 1.80. The van der Waals surface area contributed by atoms with Crippen LogP contribution in [-0.4, -0.2) is 24.7 Å². The number of aryl methyl sites for hydroxylation is 1. The molecular formula is C38H32N4O5S. The van der Waals surface area contributed by atoms with Crippen LogP contribution in [0.15, 0.2) is 112 Å². The highest BCUT2D eigenvalue weighted by Gasteiger charge is 2.33. The number of carbonyl (C=O) groups excluding carboxylic acids is 1. The fourth-order valence-electron chi connectivity index (χ4n) is 5.58. The number of hydrogen-bond acceptors (Lipinski definition) is 8. The lowest BCUT2D eigenvalue weighted by Crippen LogP contribution is -2.40. The number of para-hydroxylation sites is 1. The number of amides is 1. The van der Waals surface area contributed by atoms with E-state index in [1.54, 1.807) is 50.0 Å². The number of benzene rings is 4. The van der Waals surface area contributed by atoms with Crippen molar-refractivity contribution in [3.05, 3.63) is 150 Å². The fourth-order valence-corrected chi connectivity index (χ4v) is 6.63. The predicted octanol–water partition coefficient (Wildman–Crippen LogP) is 5.65. The molecule has 0 saturated heterocycles. The van der Waals surface area contributed by atoms with Gasteiger partial charge in [-0.15, -0.1) is 0 Å². The minimum absolute atomic E-state index is 0.261. The number of allylic oxidation sites excluding steroid dienone is 1. The van der Waals surface area contributed by atoms with Crippen molar-refractivity contribution in [2.75, 3.05) is 19.5 Å². The second-order valence-electron chi connectivity index (χ2n) is 11.1. The summed E-state index contributed by atoms with van der Waals surface area (Å²) in [7, 11) is 3.10. The molecule has 1 aliphatic heterocycles. The molecular weight excluding hydrogens is 625 g/mol. The quantitative estimate of drug-likeness (QED) is 0.219. The highest BCUT2D eigenvalue weighted by atomic mass is 32.1. The average molecular weight is 657 g/mol. The summed E-state index contributed by atoms with van der Waals surface area (Å²) < 4.78 is 19.0. The van der Waals surface area contributed by atoms with Crippen LogP contribution in [0.2, 0.25) is 0 Å². The zero-order valence-electron chi connectivity index (χ0n) is 26.8. The smallest absolute Gasteiger partial charge is 0.271 e. The van der Waals surface area contributed by atoms with Crippen molar-refractivity contribution in [2.24, 2.45) is 4.99 Å². The highest BCUT2D eigenvalue weighted by Crippen LogP contribution is 2.36. The van der Waals surface area contributed by atoms with E-state index in [1.165, 1.54) is 11.3 Å². The third-order valence-corrected chi connectivity index (χ3v) is 9.08. The lowest BCUT2D eigenvalue weighted by molar-refractivity contribution is -0.113. The Hall–Kier alpha value is -5.92. The summed E-state index contributed by atoms with van der Waals surface area (Å²) in [5, 5.41) is 12.4. The number of ether oxygens (including phenoxy) is 3. The summed E-state index contributed by atoms with van der Waals surface area (Å²) in [6.45, 7) is 3.96. The normalized spacial score (nSPS) is 14.1. The van der Waals surface area contributed by atoms with Crippen LogP contribution in [0, 0.1) is 18.3 Å². The van der Waals surface area contributed by atoms with Crippen molar-refractivity contribution >= 4 is 29.0 Å². The van der Waals surface area contributed by atoms with Crippen molar-refractivity contribution in [3.63, 3.8) is 0 Å². The zero-order chi connectivity index (χ0) is 33.8. The monoisotopic (exact) mass is 656 g/mol. The van der Waals surface area contributed by atoms with Gasteiger partial charge in [0.05, 0.1) is 47.7 Å². The van der Waals surface area contributed by atoms with E-state index >= 15 is 0 Å². The van der Waals surface area contributed by atoms with Gasteiger partial charge in [-0.1, -0.05) is 65.9 Å². The maximum Gasteiger partial charge on any atom is 0.271 e. The van der Waals surface area contributed by atoms with Crippen LogP contribution in [0.25, 0.3) is 6.08 Å². The van der Waals surface area contributed by atoms with Gasteiger partial charge in [0, 0.05) is 11.3 Å². The second-order valence-corrected chi connectivity index (χ2v) is 12.1. The fraction of sp³-hybridized carbons (Fsp3) is 0.158. The molecule has 9 nitrogen and oxygen atoms in total. The molecule has 2 heterocycles. The van der Waals surface area contributed by atoms with Crippen LogP contribution in [0.3, 0.4) is 0 Å². The van der Waals surface area contributed by atoms with Crippen molar-refractivity contribution < 1.29 is 19.0 Å². The first-order valence-electron chi connectivity index (χ1n) is 15.1. The van der Waals surface area contributed by atoms with Crippen LogP contribution in [0.4, 0.5) is 5.69 Å². The average Bonchev–Trinajstić information content (AvgIpc) is 3.41. The van der Waals surface area contributed by atoms with E-state index in [0.29, 0.717) is 54.7 Å². The van der Waals surface area contributed by atoms with Gasteiger partial charge in [0.1, 0.15) is 12.4 Å². The molecule has 1 amide bonds. The standard InChI is InChI=1S/C38H32N4O5S/c1-23-9-5-8-12-30(23)41-36(43)34-24(2)40-38-42(35(34)26-15-18-31(45-3)32(20-26)46-4)37(44)33(48-38)19-25-13-16-29(17-14-25)47-22-28-11-7-6-10-27(28)21-39/h5-20,35H,22H2,1-4H3,(H,41,43)/b33-19+. The number of hydrogen-bond donors (Lipinski definition) is 1. The molecule has 48 heavy (non-hydrogen) atoms. The summed E-state index contributed by atoms with van der Waals surface area (Å²) in [5.74, 6) is 1.29. The number of thiazole rings is 1. The van der Waals surface area contributed by atoms with Crippen molar-refractivity contribution in [1.29, 1.82) is 5.26 Å². The van der Waals surface area contributed by atoms with Gasteiger partial charge in [-0.05, 0) is 73.0 Å². The van der Waals surface area contributed by atoms with Crippen molar-refractivity contribution in [3.8, 4) is 23.3 Å². The molecule has 4 aromatic carbocycles. The van der Waals surface area contributed by atoms with Gasteiger partial charge in [0.15, 0.2) is 16.3 Å². The molecule has 0 saturated carbocycles. The number of carbonyl (C=O) groups is 1. The maximum atomic E-state index is 14.2. The van der Waals surface area contributed by atoms with E-state index in [0.717, 1.165) is 16.7 Å². The molecule has 240 valence electrons. The minimum Gasteiger partial charge on any atom is -0.493 e. The highest BCUT2D eigenvalue weighted by molar-refractivity contribution is 7.07. The molecule has 6 rings (SSSR count). The molecule has 0 radical (unpaired) electrons. The van der Waals surface area contributed by atoms with Crippen molar-refractivity contribution in [1.82, 2.24) is 4.57 Å². The number of rotatable bonds is 9. The van der Waals surface area contributed by atoms with Crippen LogP contribution in [0.5, 0.6) is 17.2 Å². The molecule has 1 N–H and O–H groups in total. The van der Waals surface area contributed by atoms with Gasteiger partial charge in [-0.3, -0.25) is 14.2 Å². The molecule has 10 heteroatoms. The van der Waals surface area contributed by atoms with E-state index in [-0.39, 0.29) is 18.1 Å². The summed E-state index contributed by atoms with van der Waals surface area (Å²) in [5.41, 5.74) is 5.00. The summed E-state index contributed by atoms with van der Waals surface area (Å²) in [4.78, 5) is 33.4. The first-order valence-corrected chi connectivity index (χ1v) is 15.9. The Balaban J connectivity index is 1.38. The van der Waals surface area contributed by atoms with E-state index in [2.05, 4.69) is 11.4 Å². The molecule has 1 aliphatic rings. The first kappa shape index (κ1) is 32.0. The Morgan fingerprint density at radius 1 is 0.979 bits per heavy atom. The maximum absolute atomic E-state index is 14.2. The lowest BCUT2D eigenvalue weighted by Gasteiger charge is -2.26. The molecule has 5 aromatic rings. The third kappa shape index (κ3) is 6.36. The molecule has 0 spiro atoms. The van der Waals surface area contributed by atoms with E-state index in [9.17, 15) is 14.9 Å². The summed E-state index contributed by atoms with van der Waals surface area (Å²) >= 11 is 1.26. The van der Waals surface area contributed by atoms with Crippen LogP contribution in [0.1, 0.15) is 40.8 Å². The molecule has 1 unspecified atom stereocenters. The minimum atomic E-state index is -0.778. The number of anilines is 1. The van der Waals surface area contributed by atoms with Gasteiger partial charge < -0.3 is 19.5 Å². The Kier molecular flexibility index (Phi) is 9.23. The SMILES string of the molecule is COc1ccc(C2C(C(=O)Nc3ccccc3C)=C(C)N=c3s/c(=C/c4ccc(OCc5ccccc5C#N)cc4)c(=O)n32)cc1OC. The van der Waals surface area contributed by atoms with Crippen molar-refractivity contribution in [2.45, 2.75) is 26.5 Å². The molecule has 0 fully saturated rings. The van der Waals surface area contributed by atoms with Gasteiger partial charge >= 0.3 is 0 Å².